The Balaban J connectivity index is 1.90. The van der Waals surface area contributed by atoms with Crippen molar-refractivity contribution in [2.24, 2.45) is 0 Å². The number of carbonyl (C=O) groups excluding carboxylic acids is 1. The molecule has 1 amide bonds. The van der Waals surface area contributed by atoms with E-state index in [0.29, 0.717) is 18.5 Å². The third-order valence-corrected chi connectivity index (χ3v) is 2.85. The molecule has 0 aliphatic heterocycles. The van der Waals surface area contributed by atoms with Gasteiger partial charge in [-0.15, -0.1) is 0 Å². The van der Waals surface area contributed by atoms with Crippen molar-refractivity contribution in [1.29, 1.82) is 0 Å². The number of hydrogen-bond acceptors (Lipinski definition) is 3. The molecule has 6 heteroatoms. The average molecular weight is 281 g/mol. The number of aromatic nitrogens is 1. The number of amides is 1. The van der Waals surface area contributed by atoms with Gasteiger partial charge in [0.1, 0.15) is 16.5 Å². The maximum atomic E-state index is 11.8. The van der Waals surface area contributed by atoms with Crippen molar-refractivity contribution in [3.8, 4) is 0 Å². The standard InChI is InChI=1S/C13H13ClN2O3/c1-8-2-3-10(19-8)4-5-15-12(17)9-6-11(14)13(18)16-7-9/h2-3,6-7H,4-5H2,1H3,(H,15,17)(H,16,18). The molecule has 2 aromatic heterocycles. The van der Waals surface area contributed by atoms with Crippen LogP contribution < -0.4 is 10.9 Å². The molecule has 0 unspecified atom stereocenters. The third kappa shape index (κ3) is 3.48. The lowest BCUT2D eigenvalue weighted by molar-refractivity contribution is 0.0953. The highest BCUT2D eigenvalue weighted by atomic mass is 35.5. The van der Waals surface area contributed by atoms with E-state index in [0.717, 1.165) is 11.5 Å². The van der Waals surface area contributed by atoms with E-state index in [4.69, 9.17) is 16.0 Å². The van der Waals surface area contributed by atoms with Gasteiger partial charge in [-0.3, -0.25) is 9.59 Å². The van der Waals surface area contributed by atoms with Gasteiger partial charge in [-0.1, -0.05) is 11.6 Å². The Bertz CT molecular complexity index is 645. The summed E-state index contributed by atoms with van der Waals surface area (Å²) in [4.78, 5) is 25.2. The van der Waals surface area contributed by atoms with Gasteiger partial charge in [0.25, 0.3) is 11.5 Å². The van der Waals surface area contributed by atoms with Crippen molar-refractivity contribution in [2.45, 2.75) is 13.3 Å². The molecule has 0 aromatic carbocycles. The van der Waals surface area contributed by atoms with Crippen LogP contribution in [0, 0.1) is 6.92 Å². The quantitative estimate of drug-likeness (QED) is 0.898. The zero-order valence-electron chi connectivity index (χ0n) is 10.3. The van der Waals surface area contributed by atoms with Gasteiger partial charge < -0.3 is 14.7 Å². The minimum absolute atomic E-state index is 0.00527. The van der Waals surface area contributed by atoms with Crippen LogP contribution in [0.3, 0.4) is 0 Å². The molecule has 2 heterocycles. The number of hydrogen-bond donors (Lipinski definition) is 2. The van der Waals surface area contributed by atoms with Crippen LogP contribution in [0.15, 0.2) is 33.6 Å². The molecule has 0 fully saturated rings. The van der Waals surface area contributed by atoms with Crippen molar-refractivity contribution in [1.82, 2.24) is 10.3 Å². The zero-order chi connectivity index (χ0) is 13.8. The molecule has 2 rings (SSSR count). The van der Waals surface area contributed by atoms with Crippen LogP contribution in [0.2, 0.25) is 5.02 Å². The fourth-order valence-corrected chi connectivity index (χ4v) is 1.78. The molecule has 0 aliphatic rings. The molecule has 0 bridgehead atoms. The van der Waals surface area contributed by atoms with Crippen LogP contribution in [0.4, 0.5) is 0 Å². The molecule has 5 nitrogen and oxygen atoms in total. The molecular formula is C13H13ClN2O3. The number of pyridine rings is 1. The van der Waals surface area contributed by atoms with Crippen molar-refractivity contribution in [2.75, 3.05) is 6.54 Å². The van der Waals surface area contributed by atoms with Gasteiger partial charge >= 0.3 is 0 Å². The second kappa shape index (κ2) is 5.75. The number of halogens is 1. The van der Waals surface area contributed by atoms with Gasteiger partial charge in [-0.25, -0.2) is 0 Å². The van der Waals surface area contributed by atoms with E-state index < -0.39 is 5.56 Å². The van der Waals surface area contributed by atoms with Crippen molar-refractivity contribution in [3.05, 3.63) is 56.9 Å². The Morgan fingerprint density at radius 1 is 1.47 bits per heavy atom. The summed E-state index contributed by atoms with van der Waals surface area (Å²) < 4.78 is 5.39. The summed E-state index contributed by atoms with van der Waals surface area (Å²) in [6.45, 7) is 2.31. The van der Waals surface area contributed by atoms with Gasteiger partial charge in [0.15, 0.2) is 0 Å². The topological polar surface area (TPSA) is 75.1 Å². The fraction of sp³-hybridized carbons (Fsp3) is 0.231. The predicted octanol–water partition coefficient (Wildman–Crippen LogP) is 1.90. The highest BCUT2D eigenvalue weighted by molar-refractivity contribution is 6.30. The summed E-state index contributed by atoms with van der Waals surface area (Å²) >= 11 is 5.65. The summed E-state index contributed by atoms with van der Waals surface area (Å²) in [5.41, 5.74) is -0.0931. The second-order valence-corrected chi connectivity index (χ2v) is 4.49. The normalized spacial score (nSPS) is 10.4. The Hall–Kier alpha value is -2.01. The molecule has 2 N–H and O–H groups in total. The van der Waals surface area contributed by atoms with Crippen LogP contribution in [0.25, 0.3) is 0 Å². The highest BCUT2D eigenvalue weighted by Crippen LogP contribution is 2.07. The lowest BCUT2D eigenvalue weighted by Crippen LogP contribution is -2.26. The zero-order valence-corrected chi connectivity index (χ0v) is 11.1. The van der Waals surface area contributed by atoms with E-state index in [2.05, 4.69) is 10.3 Å². The molecule has 0 atom stereocenters. The molecule has 2 aromatic rings. The third-order valence-electron chi connectivity index (χ3n) is 2.57. The van der Waals surface area contributed by atoms with Gasteiger partial charge in [-0.2, -0.15) is 0 Å². The van der Waals surface area contributed by atoms with Gasteiger partial charge in [0.05, 0.1) is 5.56 Å². The van der Waals surface area contributed by atoms with E-state index in [9.17, 15) is 9.59 Å². The second-order valence-electron chi connectivity index (χ2n) is 4.08. The minimum Gasteiger partial charge on any atom is -0.466 e. The largest absolute Gasteiger partial charge is 0.466 e. The smallest absolute Gasteiger partial charge is 0.266 e. The first kappa shape index (κ1) is 13.4. The van der Waals surface area contributed by atoms with Crippen molar-refractivity contribution >= 4 is 17.5 Å². The van der Waals surface area contributed by atoms with Crippen LogP contribution in [0.1, 0.15) is 21.9 Å². The lowest BCUT2D eigenvalue weighted by Gasteiger charge is -2.04. The number of nitrogens with one attached hydrogen (secondary N) is 2. The maximum Gasteiger partial charge on any atom is 0.266 e. The van der Waals surface area contributed by atoms with Crippen LogP contribution in [-0.2, 0) is 6.42 Å². The van der Waals surface area contributed by atoms with Crippen molar-refractivity contribution in [3.63, 3.8) is 0 Å². The molecule has 0 aliphatic carbocycles. The van der Waals surface area contributed by atoms with Gasteiger partial charge in [-0.05, 0) is 25.1 Å². The molecule has 0 spiro atoms. The summed E-state index contributed by atoms with van der Waals surface area (Å²) in [6, 6.07) is 5.09. The first-order valence-corrected chi connectivity index (χ1v) is 6.16. The van der Waals surface area contributed by atoms with E-state index in [1.165, 1.54) is 12.3 Å². The van der Waals surface area contributed by atoms with E-state index in [1.807, 2.05) is 19.1 Å². The molecule has 19 heavy (non-hydrogen) atoms. The Labute approximate surface area is 114 Å². The van der Waals surface area contributed by atoms with E-state index in [-0.39, 0.29) is 10.9 Å². The number of furan rings is 1. The monoisotopic (exact) mass is 280 g/mol. The van der Waals surface area contributed by atoms with Crippen LogP contribution >= 0.6 is 11.6 Å². The van der Waals surface area contributed by atoms with Crippen molar-refractivity contribution < 1.29 is 9.21 Å². The summed E-state index contributed by atoms with van der Waals surface area (Å²) in [5.74, 6) is 1.37. The number of H-pyrrole nitrogens is 1. The Morgan fingerprint density at radius 2 is 2.26 bits per heavy atom. The molecule has 0 radical (unpaired) electrons. The first-order valence-electron chi connectivity index (χ1n) is 5.78. The Morgan fingerprint density at radius 3 is 2.89 bits per heavy atom. The minimum atomic E-state index is -0.413. The number of carbonyl (C=O) groups is 1. The lowest BCUT2D eigenvalue weighted by atomic mass is 10.2. The van der Waals surface area contributed by atoms with Gasteiger partial charge in [0, 0.05) is 19.2 Å². The number of aromatic amines is 1. The summed E-state index contributed by atoms with van der Waals surface area (Å²) in [5, 5.41) is 2.72. The summed E-state index contributed by atoms with van der Waals surface area (Å²) in [6.07, 6.45) is 1.94. The number of aryl methyl sites for hydroxylation is 1. The maximum absolute atomic E-state index is 11.8. The molecule has 100 valence electrons. The Kier molecular flexibility index (Phi) is 4.06. The van der Waals surface area contributed by atoms with Crippen LogP contribution in [0.5, 0.6) is 0 Å². The number of rotatable bonds is 4. The highest BCUT2D eigenvalue weighted by Gasteiger charge is 2.08. The van der Waals surface area contributed by atoms with Gasteiger partial charge in [0.2, 0.25) is 0 Å². The molecule has 0 saturated heterocycles. The average Bonchev–Trinajstić information content (AvgIpc) is 2.78. The first-order chi connectivity index (χ1) is 9.06. The predicted molar refractivity (Wildman–Crippen MR) is 71.6 cm³/mol. The van der Waals surface area contributed by atoms with Crippen LogP contribution in [-0.4, -0.2) is 17.4 Å². The SMILES string of the molecule is Cc1ccc(CCNC(=O)c2c[nH]c(=O)c(Cl)c2)o1. The molecular weight excluding hydrogens is 268 g/mol. The van der Waals surface area contributed by atoms with E-state index >= 15 is 0 Å². The van der Waals surface area contributed by atoms with E-state index in [1.54, 1.807) is 0 Å². The summed E-state index contributed by atoms with van der Waals surface area (Å²) in [7, 11) is 0. The molecule has 0 saturated carbocycles. The fourth-order valence-electron chi connectivity index (χ4n) is 1.61.